The molecule has 3 aromatic rings. The van der Waals surface area contributed by atoms with Crippen molar-refractivity contribution in [1.82, 2.24) is 0 Å². The number of carbonyl (C=O) groups is 1. The van der Waals surface area contributed by atoms with Crippen LogP contribution in [-0.4, -0.2) is 13.1 Å². The van der Waals surface area contributed by atoms with E-state index < -0.39 is 5.97 Å². The third-order valence-electron chi connectivity index (χ3n) is 4.53. The van der Waals surface area contributed by atoms with E-state index in [0.29, 0.717) is 5.75 Å². The summed E-state index contributed by atoms with van der Waals surface area (Å²) in [6.07, 6.45) is 0. The fourth-order valence-electron chi connectivity index (χ4n) is 2.84. The lowest BCUT2D eigenvalue weighted by atomic mass is 9.87. The monoisotopic (exact) mass is 384 g/mol. The Morgan fingerprint density at radius 2 is 1.48 bits per heavy atom. The van der Waals surface area contributed by atoms with Crippen molar-refractivity contribution in [1.29, 1.82) is 0 Å². The Labute approximate surface area is 172 Å². The fourth-order valence-corrected chi connectivity index (χ4v) is 2.84. The molecule has 3 rings (SSSR count). The minimum absolute atomic E-state index is 0.0528. The van der Waals surface area contributed by atoms with Crippen molar-refractivity contribution in [3.63, 3.8) is 0 Å². The van der Waals surface area contributed by atoms with Crippen LogP contribution in [0.4, 0.5) is 0 Å². The van der Waals surface area contributed by atoms with Gasteiger partial charge < -0.3 is 9.47 Å². The van der Waals surface area contributed by atoms with E-state index in [1.54, 1.807) is 19.2 Å². The topological polar surface area (TPSA) is 35.5 Å². The highest BCUT2D eigenvalue weighted by Gasteiger charge is 2.13. The molecule has 0 aliphatic heterocycles. The fraction of sp³-hybridized carbons (Fsp3) is 0.192. The van der Waals surface area contributed by atoms with Crippen molar-refractivity contribution in [2.24, 2.45) is 0 Å². The van der Waals surface area contributed by atoms with Crippen LogP contribution in [0.15, 0.2) is 72.8 Å². The van der Waals surface area contributed by atoms with E-state index in [0.717, 1.165) is 22.4 Å². The van der Waals surface area contributed by atoms with Gasteiger partial charge in [-0.15, -0.1) is 0 Å². The van der Waals surface area contributed by atoms with Crippen LogP contribution < -0.4 is 9.47 Å². The van der Waals surface area contributed by atoms with Gasteiger partial charge in [0.25, 0.3) is 0 Å². The van der Waals surface area contributed by atoms with Crippen LogP contribution in [0.1, 0.15) is 31.9 Å². The van der Waals surface area contributed by atoms with Crippen LogP contribution in [0, 0.1) is 11.8 Å². The lowest BCUT2D eigenvalue weighted by Gasteiger charge is -2.18. The summed E-state index contributed by atoms with van der Waals surface area (Å²) in [5.74, 6) is 6.16. The summed E-state index contributed by atoms with van der Waals surface area (Å²) in [5, 5.41) is 0. The number of esters is 1. The molecule has 146 valence electrons. The Morgan fingerprint density at radius 1 is 0.828 bits per heavy atom. The van der Waals surface area contributed by atoms with Gasteiger partial charge in [-0.2, -0.15) is 0 Å². The first-order valence-corrected chi connectivity index (χ1v) is 9.44. The lowest BCUT2D eigenvalue weighted by Crippen LogP contribution is -2.11. The lowest BCUT2D eigenvalue weighted by molar-refractivity contribution is -0.128. The van der Waals surface area contributed by atoms with Crippen molar-refractivity contribution in [3.8, 4) is 34.5 Å². The number of benzene rings is 3. The molecule has 0 aromatic heterocycles. The Balaban J connectivity index is 1.70. The molecule has 0 radical (unpaired) electrons. The highest BCUT2D eigenvalue weighted by molar-refractivity contribution is 5.91. The van der Waals surface area contributed by atoms with Crippen LogP contribution in [-0.2, 0) is 10.2 Å². The zero-order valence-corrected chi connectivity index (χ0v) is 17.2. The first kappa shape index (κ1) is 20.2. The standard InChI is InChI=1S/C26H24O3/c1-26(2,3)22-11-15-24(16-12-22)29-25(27)17-8-19-6-5-7-21(18-19)20-9-13-23(28-4)14-10-20/h5-7,9-16,18H,1-4H3. The summed E-state index contributed by atoms with van der Waals surface area (Å²) in [5.41, 5.74) is 4.05. The molecule has 0 heterocycles. The van der Waals surface area contributed by atoms with E-state index in [-0.39, 0.29) is 5.41 Å². The normalized spacial score (nSPS) is 10.6. The molecule has 0 fully saturated rings. The summed E-state index contributed by atoms with van der Waals surface area (Å²) < 4.78 is 10.5. The molecule has 0 amide bonds. The molecule has 0 spiro atoms. The average Bonchev–Trinajstić information content (AvgIpc) is 2.72. The third-order valence-corrected chi connectivity index (χ3v) is 4.53. The van der Waals surface area contributed by atoms with Gasteiger partial charge in [0.05, 0.1) is 7.11 Å². The van der Waals surface area contributed by atoms with Gasteiger partial charge in [0.15, 0.2) is 0 Å². The summed E-state index contributed by atoms with van der Waals surface area (Å²) >= 11 is 0. The van der Waals surface area contributed by atoms with Gasteiger partial charge in [0.2, 0.25) is 0 Å². The van der Waals surface area contributed by atoms with E-state index >= 15 is 0 Å². The molecular weight excluding hydrogens is 360 g/mol. The van der Waals surface area contributed by atoms with Crippen molar-refractivity contribution in [2.75, 3.05) is 7.11 Å². The highest BCUT2D eigenvalue weighted by Crippen LogP contribution is 2.25. The summed E-state index contributed by atoms with van der Waals surface area (Å²) in [6, 6.07) is 23.1. The number of carbonyl (C=O) groups excluding carboxylic acids is 1. The largest absolute Gasteiger partial charge is 0.497 e. The van der Waals surface area contributed by atoms with E-state index in [2.05, 4.69) is 32.6 Å². The molecule has 0 saturated heterocycles. The van der Waals surface area contributed by atoms with Crippen molar-refractivity contribution < 1.29 is 14.3 Å². The minimum atomic E-state index is -0.580. The van der Waals surface area contributed by atoms with Crippen molar-refractivity contribution in [3.05, 3.63) is 83.9 Å². The zero-order valence-electron chi connectivity index (χ0n) is 17.2. The molecule has 0 saturated carbocycles. The first-order valence-electron chi connectivity index (χ1n) is 9.44. The van der Waals surface area contributed by atoms with E-state index in [4.69, 9.17) is 9.47 Å². The van der Waals surface area contributed by atoms with Crippen LogP contribution in [0.3, 0.4) is 0 Å². The van der Waals surface area contributed by atoms with Gasteiger partial charge in [0, 0.05) is 11.5 Å². The number of hydrogen-bond acceptors (Lipinski definition) is 3. The Hall–Kier alpha value is -3.51. The van der Waals surface area contributed by atoms with E-state index in [1.165, 1.54) is 5.56 Å². The second-order valence-electron chi connectivity index (χ2n) is 7.72. The molecule has 0 N–H and O–H groups in total. The second-order valence-corrected chi connectivity index (χ2v) is 7.72. The maximum Gasteiger partial charge on any atom is 0.390 e. The molecule has 0 aliphatic rings. The summed E-state index contributed by atoms with van der Waals surface area (Å²) in [6.45, 7) is 6.42. The molecule has 3 nitrogen and oxygen atoms in total. The predicted octanol–water partition coefficient (Wildman–Crippen LogP) is 5.62. The average molecular weight is 384 g/mol. The summed E-state index contributed by atoms with van der Waals surface area (Å²) in [7, 11) is 1.64. The van der Waals surface area contributed by atoms with Crippen LogP contribution in [0.5, 0.6) is 11.5 Å². The molecule has 29 heavy (non-hydrogen) atoms. The molecule has 0 atom stereocenters. The zero-order chi connectivity index (χ0) is 20.9. The quantitative estimate of drug-likeness (QED) is 0.334. The Morgan fingerprint density at radius 3 is 2.10 bits per heavy atom. The predicted molar refractivity (Wildman–Crippen MR) is 116 cm³/mol. The molecule has 0 unspecified atom stereocenters. The van der Waals surface area contributed by atoms with Crippen LogP contribution >= 0.6 is 0 Å². The Kier molecular flexibility index (Phi) is 6.04. The molecule has 0 bridgehead atoms. The van der Waals surface area contributed by atoms with Crippen LogP contribution in [0.25, 0.3) is 11.1 Å². The van der Waals surface area contributed by atoms with Crippen molar-refractivity contribution >= 4 is 5.97 Å². The van der Waals surface area contributed by atoms with Crippen molar-refractivity contribution in [2.45, 2.75) is 26.2 Å². The maximum atomic E-state index is 12.1. The van der Waals surface area contributed by atoms with Crippen LogP contribution in [0.2, 0.25) is 0 Å². The summed E-state index contributed by atoms with van der Waals surface area (Å²) in [4.78, 5) is 12.1. The van der Waals surface area contributed by atoms with Gasteiger partial charge in [-0.1, -0.05) is 63.1 Å². The number of methoxy groups -OCH3 is 1. The highest BCUT2D eigenvalue weighted by atomic mass is 16.5. The van der Waals surface area contributed by atoms with Gasteiger partial charge in [-0.3, -0.25) is 0 Å². The molecular formula is C26H24O3. The van der Waals surface area contributed by atoms with Gasteiger partial charge in [0.1, 0.15) is 11.5 Å². The number of ether oxygens (including phenoxy) is 2. The maximum absolute atomic E-state index is 12.1. The van der Waals surface area contributed by atoms with E-state index in [1.807, 2.05) is 60.7 Å². The molecule has 0 aliphatic carbocycles. The van der Waals surface area contributed by atoms with E-state index in [9.17, 15) is 4.79 Å². The molecule has 3 aromatic carbocycles. The SMILES string of the molecule is COc1ccc(-c2cccc(C#CC(=O)Oc3ccc(C(C)(C)C)cc3)c2)cc1. The van der Waals surface area contributed by atoms with Gasteiger partial charge >= 0.3 is 5.97 Å². The number of hydrogen-bond donors (Lipinski definition) is 0. The smallest absolute Gasteiger partial charge is 0.390 e. The minimum Gasteiger partial charge on any atom is -0.497 e. The van der Waals surface area contributed by atoms with Gasteiger partial charge in [-0.25, -0.2) is 4.79 Å². The third kappa shape index (κ3) is 5.49. The number of rotatable bonds is 3. The Bertz CT molecular complexity index is 1040. The van der Waals surface area contributed by atoms with Gasteiger partial charge in [-0.05, 0) is 58.5 Å². The molecule has 3 heteroatoms. The first-order chi connectivity index (χ1) is 13.8. The second kappa shape index (κ2) is 8.67.